The number of aliphatic carboxylic acids is 1. The number of hydrazone groups is 1. The molecule has 0 fully saturated rings. The molecule has 0 atom stereocenters. The van der Waals surface area contributed by atoms with Gasteiger partial charge in [0, 0.05) is 12.1 Å². The summed E-state index contributed by atoms with van der Waals surface area (Å²) in [5, 5.41) is 25.2. The molecule has 0 bridgehead atoms. The molecule has 166 valence electrons. The molecule has 0 aromatic heterocycles. The van der Waals surface area contributed by atoms with Gasteiger partial charge in [0.05, 0.1) is 32.1 Å². The summed E-state index contributed by atoms with van der Waals surface area (Å²) in [6, 6.07) is 8.93. The van der Waals surface area contributed by atoms with Crippen LogP contribution >= 0.6 is 22.6 Å². The van der Waals surface area contributed by atoms with Crippen LogP contribution in [0.2, 0.25) is 0 Å². The molecule has 1 amide bonds. The van der Waals surface area contributed by atoms with Gasteiger partial charge in [0.2, 0.25) is 0 Å². The van der Waals surface area contributed by atoms with Gasteiger partial charge in [-0.25, -0.2) is 4.79 Å². The Morgan fingerprint density at radius 1 is 1.28 bits per heavy atom. The van der Waals surface area contributed by atoms with Gasteiger partial charge in [-0.15, -0.1) is 0 Å². The molecule has 0 saturated heterocycles. The minimum Gasteiger partial charge on any atom is -0.490 e. The van der Waals surface area contributed by atoms with E-state index in [0.29, 0.717) is 44.2 Å². The quantitative estimate of drug-likeness (QED) is 0.228. The lowest BCUT2D eigenvalue weighted by atomic mass is 10.1. The van der Waals surface area contributed by atoms with Gasteiger partial charge in [-0.2, -0.15) is 10.1 Å². The van der Waals surface area contributed by atoms with Crippen LogP contribution in [0, 0.1) is 13.7 Å². The summed E-state index contributed by atoms with van der Waals surface area (Å²) in [7, 11) is 0. The van der Waals surface area contributed by atoms with Gasteiger partial charge in [0.1, 0.15) is 0 Å². The number of rotatable bonds is 8. The first kappa shape index (κ1) is 23.2. The van der Waals surface area contributed by atoms with Crippen molar-refractivity contribution < 1.29 is 29.1 Å². The van der Waals surface area contributed by atoms with Crippen molar-refractivity contribution in [2.24, 2.45) is 5.10 Å². The lowest BCUT2D eigenvalue weighted by Gasteiger charge is -2.14. The Bertz CT molecular complexity index is 1140. The average Bonchev–Trinajstić information content (AvgIpc) is 3.01. The van der Waals surface area contributed by atoms with E-state index in [1.807, 2.05) is 22.6 Å². The van der Waals surface area contributed by atoms with Crippen molar-refractivity contribution in [3.8, 4) is 11.5 Å². The summed E-state index contributed by atoms with van der Waals surface area (Å²) in [4.78, 5) is 34.1. The highest BCUT2D eigenvalue weighted by atomic mass is 127. The molecular weight excluding hydrogens is 533 g/mol. The number of carbonyl (C=O) groups is 2. The summed E-state index contributed by atoms with van der Waals surface area (Å²) < 4.78 is 11.6. The van der Waals surface area contributed by atoms with Crippen molar-refractivity contribution in [2.45, 2.75) is 13.8 Å². The Morgan fingerprint density at radius 3 is 2.56 bits per heavy atom. The monoisotopic (exact) mass is 551 g/mol. The standard InChI is InChI=1S/C21H18IN3O7/c1-3-31-18-10-13(9-17(22)20(18)32-11-19(26)27)8-16-12(2)23-24(21(16)28)14-4-6-15(7-5-14)25(29)30/h4-10H,3,11H2,1-2H3,(H,26,27)/b16-8-. The lowest BCUT2D eigenvalue weighted by Crippen LogP contribution is -2.21. The molecule has 0 aliphatic carbocycles. The summed E-state index contributed by atoms with van der Waals surface area (Å²) >= 11 is 2.01. The second-order valence-corrected chi connectivity index (χ2v) is 7.74. The van der Waals surface area contributed by atoms with E-state index >= 15 is 0 Å². The highest BCUT2D eigenvalue weighted by Crippen LogP contribution is 2.35. The second kappa shape index (κ2) is 9.77. The van der Waals surface area contributed by atoms with Crippen molar-refractivity contribution in [3.63, 3.8) is 0 Å². The van der Waals surface area contributed by atoms with Crippen LogP contribution in [0.1, 0.15) is 19.4 Å². The van der Waals surface area contributed by atoms with E-state index in [2.05, 4.69) is 5.10 Å². The number of hydrogen-bond donors (Lipinski definition) is 1. The van der Waals surface area contributed by atoms with Gasteiger partial charge in [-0.1, -0.05) is 0 Å². The number of ether oxygens (including phenoxy) is 2. The van der Waals surface area contributed by atoms with Gasteiger partial charge >= 0.3 is 5.97 Å². The summed E-state index contributed by atoms with van der Waals surface area (Å²) in [5.74, 6) is -0.813. The Hall–Kier alpha value is -3.48. The van der Waals surface area contributed by atoms with Gasteiger partial charge in [-0.3, -0.25) is 14.9 Å². The minimum atomic E-state index is -1.11. The van der Waals surface area contributed by atoms with E-state index < -0.39 is 17.5 Å². The number of halogens is 1. The first-order chi connectivity index (χ1) is 15.2. The van der Waals surface area contributed by atoms with Crippen LogP contribution in [0.3, 0.4) is 0 Å². The molecule has 11 heteroatoms. The summed E-state index contributed by atoms with van der Waals surface area (Å²) in [5.41, 5.74) is 1.79. The number of amides is 1. The van der Waals surface area contributed by atoms with Crippen molar-refractivity contribution in [1.29, 1.82) is 0 Å². The molecule has 0 unspecified atom stereocenters. The fraction of sp³-hybridized carbons (Fsp3) is 0.190. The zero-order valence-electron chi connectivity index (χ0n) is 17.1. The summed E-state index contributed by atoms with van der Waals surface area (Å²) in [6.45, 7) is 3.31. The summed E-state index contributed by atoms with van der Waals surface area (Å²) in [6.07, 6.45) is 1.65. The van der Waals surface area contributed by atoms with Crippen LogP contribution in [0.5, 0.6) is 11.5 Å². The zero-order chi connectivity index (χ0) is 23.4. The number of carboxylic acids is 1. The van der Waals surface area contributed by atoms with E-state index in [9.17, 15) is 19.7 Å². The van der Waals surface area contributed by atoms with Crippen LogP contribution in [0.15, 0.2) is 47.1 Å². The van der Waals surface area contributed by atoms with Gasteiger partial charge in [0.25, 0.3) is 11.6 Å². The number of hydrogen-bond acceptors (Lipinski definition) is 7. The average molecular weight is 551 g/mol. The normalized spacial score (nSPS) is 14.5. The lowest BCUT2D eigenvalue weighted by molar-refractivity contribution is -0.384. The molecule has 3 rings (SSSR count). The SMILES string of the molecule is CCOc1cc(/C=C2\C(=O)N(c3ccc([N+](=O)[O-])cc3)N=C2C)cc(I)c1OCC(=O)O. The van der Waals surface area contributed by atoms with Crippen molar-refractivity contribution in [3.05, 3.63) is 61.2 Å². The van der Waals surface area contributed by atoms with E-state index in [4.69, 9.17) is 14.6 Å². The predicted octanol–water partition coefficient (Wildman–Crippen LogP) is 3.87. The molecular formula is C21H18IN3O7. The van der Waals surface area contributed by atoms with Crippen LogP contribution in [-0.2, 0) is 9.59 Å². The molecule has 0 radical (unpaired) electrons. The van der Waals surface area contributed by atoms with E-state index in [0.717, 1.165) is 0 Å². The predicted molar refractivity (Wildman–Crippen MR) is 125 cm³/mol. The van der Waals surface area contributed by atoms with Gasteiger partial charge in [-0.05, 0) is 72.3 Å². The first-order valence-corrected chi connectivity index (χ1v) is 10.5. The number of nitro groups is 1. The van der Waals surface area contributed by atoms with Crippen molar-refractivity contribution >= 4 is 57.6 Å². The number of nitro benzene ring substituents is 1. The Morgan fingerprint density at radius 2 is 1.97 bits per heavy atom. The molecule has 0 spiro atoms. The largest absolute Gasteiger partial charge is 0.490 e. The number of non-ortho nitro benzene ring substituents is 1. The van der Waals surface area contributed by atoms with Crippen LogP contribution in [-0.4, -0.2) is 40.8 Å². The molecule has 10 nitrogen and oxygen atoms in total. The number of anilines is 1. The third kappa shape index (κ3) is 5.04. The van der Waals surface area contributed by atoms with Crippen molar-refractivity contribution in [2.75, 3.05) is 18.2 Å². The molecule has 1 aliphatic heterocycles. The molecule has 1 N–H and O–H groups in total. The highest BCUT2D eigenvalue weighted by Gasteiger charge is 2.29. The zero-order valence-corrected chi connectivity index (χ0v) is 19.2. The third-order valence-electron chi connectivity index (χ3n) is 4.35. The molecule has 0 saturated carbocycles. The second-order valence-electron chi connectivity index (χ2n) is 6.58. The Labute approximate surface area is 196 Å². The highest BCUT2D eigenvalue weighted by molar-refractivity contribution is 14.1. The van der Waals surface area contributed by atoms with E-state index in [1.54, 1.807) is 32.1 Å². The smallest absolute Gasteiger partial charge is 0.341 e. The van der Waals surface area contributed by atoms with Gasteiger partial charge < -0.3 is 14.6 Å². The number of benzene rings is 2. The molecule has 1 heterocycles. The number of nitrogens with zero attached hydrogens (tertiary/aromatic N) is 3. The minimum absolute atomic E-state index is 0.0832. The maximum absolute atomic E-state index is 13.0. The Kier molecular flexibility index (Phi) is 7.08. The van der Waals surface area contributed by atoms with Crippen LogP contribution in [0.4, 0.5) is 11.4 Å². The maximum atomic E-state index is 13.0. The van der Waals surface area contributed by atoms with Crippen LogP contribution in [0.25, 0.3) is 6.08 Å². The molecule has 2 aromatic rings. The van der Waals surface area contributed by atoms with Crippen LogP contribution < -0.4 is 14.5 Å². The molecule has 2 aromatic carbocycles. The fourth-order valence-electron chi connectivity index (χ4n) is 2.95. The van der Waals surface area contributed by atoms with Crippen molar-refractivity contribution in [1.82, 2.24) is 0 Å². The molecule has 32 heavy (non-hydrogen) atoms. The molecule has 1 aliphatic rings. The topological polar surface area (TPSA) is 132 Å². The number of carboxylic acid groups (broad SMARTS) is 1. The number of carbonyl (C=O) groups excluding carboxylic acids is 1. The van der Waals surface area contributed by atoms with E-state index in [1.165, 1.54) is 29.3 Å². The third-order valence-corrected chi connectivity index (χ3v) is 5.15. The first-order valence-electron chi connectivity index (χ1n) is 9.38. The Balaban J connectivity index is 1.92. The maximum Gasteiger partial charge on any atom is 0.341 e. The van der Waals surface area contributed by atoms with E-state index in [-0.39, 0.29) is 11.6 Å². The van der Waals surface area contributed by atoms with Gasteiger partial charge in [0.15, 0.2) is 18.1 Å². The fourth-order valence-corrected chi connectivity index (χ4v) is 3.73.